The Morgan fingerprint density at radius 3 is 2.64 bits per heavy atom. The van der Waals surface area contributed by atoms with Gasteiger partial charge in [-0.25, -0.2) is 9.48 Å². The lowest BCUT2D eigenvalue weighted by Gasteiger charge is -2.25. The predicted molar refractivity (Wildman–Crippen MR) is 152 cm³/mol. The monoisotopic (exact) mass is 588 g/mol. The Morgan fingerprint density at radius 1 is 1.13 bits per heavy atom. The van der Waals surface area contributed by atoms with E-state index < -0.39 is 11.6 Å². The van der Waals surface area contributed by atoms with Gasteiger partial charge in [-0.15, -0.1) is 0 Å². The molecule has 0 amide bonds. The summed E-state index contributed by atoms with van der Waals surface area (Å²) in [5, 5.41) is 17.5. The highest BCUT2D eigenvalue weighted by atomic mass is 35.5. The number of allylic oxidation sites excluding steroid dienone is 4. The lowest BCUT2D eigenvalue weighted by molar-refractivity contribution is -0.163. The van der Waals surface area contributed by atoms with E-state index in [4.69, 9.17) is 54.1 Å². The first-order valence-electron chi connectivity index (χ1n) is 12.2. The number of aromatic nitrogens is 2. The fraction of sp³-hybridized carbons (Fsp3) is 0.241. The van der Waals surface area contributed by atoms with Gasteiger partial charge < -0.3 is 19.3 Å². The number of aliphatic hydroxyl groups is 1. The van der Waals surface area contributed by atoms with Gasteiger partial charge in [-0.1, -0.05) is 66.9 Å². The Balaban J connectivity index is 0.00000172. The van der Waals surface area contributed by atoms with Crippen molar-refractivity contribution in [1.82, 2.24) is 9.78 Å². The summed E-state index contributed by atoms with van der Waals surface area (Å²) in [6, 6.07) is 13.2. The second kappa shape index (κ2) is 12.4. The van der Waals surface area contributed by atoms with E-state index in [-0.39, 0.29) is 24.9 Å². The fourth-order valence-electron chi connectivity index (χ4n) is 4.24. The fourth-order valence-corrected chi connectivity index (χ4v) is 4.80. The van der Waals surface area contributed by atoms with Crippen LogP contribution < -0.4 is 0 Å². The zero-order valence-electron chi connectivity index (χ0n) is 21.5. The summed E-state index contributed by atoms with van der Waals surface area (Å²) in [4.78, 5) is 12.8. The van der Waals surface area contributed by atoms with E-state index in [9.17, 15) is 9.90 Å². The quantitative estimate of drug-likeness (QED) is 0.323. The van der Waals surface area contributed by atoms with Crippen LogP contribution >= 0.6 is 34.8 Å². The van der Waals surface area contributed by atoms with E-state index in [1.165, 1.54) is 13.2 Å². The number of esters is 1. The summed E-state index contributed by atoms with van der Waals surface area (Å²) in [6.07, 6.45) is 7.00. The number of carbonyl (C=O) groups is 1. The number of hydrogen-bond donors (Lipinski definition) is 1. The van der Waals surface area contributed by atoms with E-state index in [0.29, 0.717) is 37.9 Å². The van der Waals surface area contributed by atoms with E-state index in [2.05, 4.69) is 0 Å². The van der Waals surface area contributed by atoms with Crippen molar-refractivity contribution in [2.24, 2.45) is 0 Å². The van der Waals surface area contributed by atoms with Crippen molar-refractivity contribution in [3.05, 3.63) is 111 Å². The molecule has 3 aromatic rings. The van der Waals surface area contributed by atoms with Gasteiger partial charge in [0, 0.05) is 22.0 Å². The lowest BCUT2D eigenvalue weighted by atomic mass is 9.89. The molecule has 2 heterocycles. The predicted octanol–water partition coefficient (Wildman–Crippen LogP) is 6.67. The molecule has 10 heteroatoms. The summed E-state index contributed by atoms with van der Waals surface area (Å²) in [6.45, 7) is 4.19. The standard InChI is InChI=1S/C27H21Cl3N2O5.C2H6/c1-35-26(33)27(34,17-3-2-4-18(28)11-17)14-20-13-22(16-5-9-24-25(10-6-16)37-15-36-24)32(31-20)23-12-19(29)7-8-21(23)30;1-2/h2-13,24,34H,14-15H2,1H3;1-2H3. The molecule has 0 saturated carbocycles. The number of ether oxygens (including phenoxy) is 3. The summed E-state index contributed by atoms with van der Waals surface area (Å²) in [5.74, 6) is -0.147. The van der Waals surface area contributed by atoms with Crippen molar-refractivity contribution in [2.75, 3.05) is 13.9 Å². The Hall–Kier alpha value is -3.07. The number of nitrogens with zero attached hydrogens (tertiary/aromatic N) is 2. The molecule has 0 spiro atoms. The first kappa shape index (κ1) is 28.9. The van der Waals surface area contributed by atoms with Gasteiger partial charge in [0.1, 0.15) is 11.9 Å². The van der Waals surface area contributed by atoms with Gasteiger partial charge in [-0.05, 0) is 60.2 Å². The number of carbonyl (C=O) groups excluding carboxylic acids is 1. The summed E-state index contributed by atoms with van der Waals surface area (Å²) < 4.78 is 17.7. The highest BCUT2D eigenvalue weighted by molar-refractivity contribution is 6.34. The van der Waals surface area contributed by atoms with Crippen molar-refractivity contribution in [1.29, 1.82) is 0 Å². The Kier molecular flexibility index (Phi) is 9.20. The summed E-state index contributed by atoms with van der Waals surface area (Å²) >= 11 is 19.0. The van der Waals surface area contributed by atoms with Crippen molar-refractivity contribution >= 4 is 46.3 Å². The first-order valence-corrected chi connectivity index (χ1v) is 13.4. The number of hydrogen-bond acceptors (Lipinski definition) is 6. The molecule has 1 aliphatic carbocycles. The minimum atomic E-state index is -2.04. The molecule has 1 aliphatic heterocycles. The molecule has 1 fully saturated rings. The van der Waals surface area contributed by atoms with Crippen molar-refractivity contribution in [3.8, 4) is 5.69 Å². The van der Waals surface area contributed by atoms with E-state index >= 15 is 0 Å². The molecule has 2 atom stereocenters. The van der Waals surface area contributed by atoms with E-state index in [1.54, 1.807) is 47.1 Å². The second-order valence-electron chi connectivity index (χ2n) is 8.47. The van der Waals surface area contributed by atoms with Crippen LogP contribution in [0.4, 0.5) is 0 Å². The number of halogens is 3. The van der Waals surface area contributed by atoms with Crippen LogP contribution in [0.25, 0.3) is 11.3 Å². The molecule has 1 saturated heterocycles. The molecule has 2 aromatic carbocycles. The third-order valence-electron chi connectivity index (χ3n) is 6.09. The molecule has 204 valence electrons. The Morgan fingerprint density at radius 2 is 1.90 bits per heavy atom. The SMILES string of the molecule is CC.COC(=O)C(O)(Cc1cc(C2=CC=C3OCOC3C=C2)n(-c2cc(Cl)ccc2Cl)n1)c1cccc(Cl)c1. The molecular formula is C29H27Cl3N2O5. The molecule has 2 aliphatic rings. The molecule has 39 heavy (non-hydrogen) atoms. The highest BCUT2D eigenvalue weighted by Gasteiger charge is 2.41. The van der Waals surface area contributed by atoms with Gasteiger partial charge in [0.2, 0.25) is 0 Å². The first-order chi connectivity index (χ1) is 18.8. The van der Waals surface area contributed by atoms with Crippen LogP contribution in [0.3, 0.4) is 0 Å². The summed E-state index contributed by atoms with van der Waals surface area (Å²) in [7, 11) is 1.21. The molecule has 2 unspecified atom stereocenters. The zero-order valence-corrected chi connectivity index (χ0v) is 23.8. The normalized spacial score (nSPS) is 17.5. The topological polar surface area (TPSA) is 82.8 Å². The van der Waals surface area contributed by atoms with E-state index in [1.807, 2.05) is 38.2 Å². The molecule has 0 radical (unpaired) electrons. The highest BCUT2D eigenvalue weighted by Crippen LogP contribution is 2.34. The van der Waals surface area contributed by atoms with Gasteiger partial charge >= 0.3 is 5.97 Å². The maximum Gasteiger partial charge on any atom is 0.342 e. The van der Waals surface area contributed by atoms with Crippen LogP contribution in [-0.2, 0) is 31.0 Å². The van der Waals surface area contributed by atoms with Crippen LogP contribution in [0.2, 0.25) is 15.1 Å². The van der Waals surface area contributed by atoms with Crippen molar-refractivity contribution in [2.45, 2.75) is 32.0 Å². The van der Waals surface area contributed by atoms with Gasteiger partial charge in [0.25, 0.3) is 0 Å². The third-order valence-corrected chi connectivity index (χ3v) is 6.88. The minimum absolute atomic E-state index is 0.189. The lowest BCUT2D eigenvalue weighted by Crippen LogP contribution is -2.39. The van der Waals surface area contributed by atoms with Crippen LogP contribution in [0.15, 0.2) is 78.6 Å². The van der Waals surface area contributed by atoms with Crippen LogP contribution in [-0.4, -0.2) is 40.9 Å². The Bertz CT molecular complexity index is 1460. The van der Waals surface area contributed by atoms with Crippen molar-refractivity contribution < 1.29 is 24.1 Å². The average Bonchev–Trinajstić information content (AvgIpc) is 3.52. The molecule has 1 aromatic heterocycles. The molecule has 7 nitrogen and oxygen atoms in total. The zero-order chi connectivity index (χ0) is 28.2. The maximum atomic E-state index is 12.8. The average molecular weight is 590 g/mol. The minimum Gasteiger partial charge on any atom is -0.469 e. The second-order valence-corrected chi connectivity index (χ2v) is 9.75. The van der Waals surface area contributed by atoms with Gasteiger partial charge in [-0.2, -0.15) is 5.10 Å². The number of rotatable bonds is 6. The molecule has 5 rings (SSSR count). The van der Waals surface area contributed by atoms with Crippen LogP contribution in [0.5, 0.6) is 0 Å². The smallest absolute Gasteiger partial charge is 0.342 e. The van der Waals surface area contributed by atoms with Crippen LogP contribution in [0, 0.1) is 0 Å². The van der Waals surface area contributed by atoms with Crippen LogP contribution in [0.1, 0.15) is 30.8 Å². The summed E-state index contributed by atoms with van der Waals surface area (Å²) in [5.41, 5.74) is 0.585. The number of methoxy groups -OCH3 is 1. The van der Waals surface area contributed by atoms with Gasteiger partial charge in [-0.3, -0.25) is 0 Å². The molecular weight excluding hydrogens is 563 g/mol. The maximum absolute atomic E-state index is 12.8. The van der Waals surface area contributed by atoms with Gasteiger partial charge in [0.05, 0.1) is 29.2 Å². The molecule has 1 N–H and O–H groups in total. The van der Waals surface area contributed by atoms with Gasteiger partial charge in [0.15, 0.2) is 12.4 Å². The third kappa shape index (κ3) is 6.08. The Labute approximate surface area is 241 Å². The largest absolute Gasteiger partial charge is 0.469 e. The number of benzene rings is 2. The van der Waals surface area contributed by atoms with E-state index in [0.717, 1.165) is 5.57 Å². The molecule has 0 bridgehead atoms. The number of fused-ring (bicyclic) bond motifs is 1. The van der Waals surface area contributed by atoms with Crippen molar-refractivity contribution in [3.63, 3.8) is 0 Å².